The van der Waals surface area contributed by atoms with Crippen molar-refractivity contribution < 1.29 is 4.79 Å². The minimum Gasteiger partial charge on any atom is -0.310 e. The van der Waals surface area contributed by atoms with Gasteiger partial charge < -0.3 is 4.90 Å². The minimum atomic E-state index is 0.680. The molecule has 0 atom stereocenters. The summed E-state index contributed by atoms with van der Waals surface area (Å²) in [5.74, 6) is 0. The smallest absolute Gasteiger partial charge is 0.150 e. The molecule has 28 heavy (non-hydrogen) atoms. The summed E-state index contributed by atoms with van der Waals surface area (Å²) in [6.45, 7) is 2.20. The third kappa shape index (κ3) is 3.54. The average molecular weight is 365 g/mol. The molecule has 138 valence electrons. The number of hydrogen-bond acceptors (Lipinski definition) is 2. The second-order valence-corrected chi connectivity index (χ2v) is 6.96. The summed E-state index contributed by atoms with van der Waals surface area (Å²) in [6, 6.07) is 31.3. The van der Waals surface area contributed by atoms with Gasteiger partial charge in [0, 0.05) is 22.3 Å². The Balaban J connectivity index is 1.88. The first-order valence-corrected chi connectivity index (χ1v) is 9.72. The molecule has 0 amide bonds. The third-order valence-corrected chi connectivity index (χ3v) is 5.03. The fourth-order valence-corrected chi connectivity index (χ4v) is 3.63. The van der Waals surface area contributed by atoms with E-state index in [9.17, 15) is 4.79 Å². The molecule has 0 spiro atoms. The maximum atomic E-state index is 11.1. The molecule has 4 aromatic carbocycles. The Morgan fingerprint density at radius 1 is 0.750 bits per heavy atom. The van der Waals surface area contributed by atoms with Crippen molar-refractivity contribution in [1.82, 2.24) is 0 Å². The van der Waals surface area contributed by atoms with Gasteiger partial charge in [0.05, 0.1) is 5.69 Å². The number of fused-ring (bicyclic) bond motifs is 1. The summed E-state index contributed by atoms with van der Waals surface area (Å²) < 4.78 is 0. The van der Waals surface area contributed by atoms with Crippen molar-refractivity contribution in [3.8, 4) is 0 Å². The summed E-state index contributed by atoms with van der Waals surface area (Å²) in [4.78, 5) is 13.3. The predicted molar refractivity (Wildman–Crippen MR) is 118 cm³/mol. The van der Waals surface area contributed by atoms with Gasteiger partial charge in [0.25, 0.3) is 0 Å². The van der Waals surface area contributed by atoms with Crippen LogP contribution in [0.2, 0.25) is 0 Å². The first-order chi connectivity index (χ1) is 13.8. The van der Waals surface area contributed by atoms with Crippen molar-refractivity contribution in [3.05, 3.63) is 102 Å². The van der Waals surface area contributed by atoms with Crippen LogP contribution in [-0.2, 0) is 6.42 Å². The van der Waals surface area contributed by atoms with E-state index in [-0.39, 0.29) is 0 Å². The Hall–Kier alpha value is -3.39. The topological polar surface area (TPSA) is 20.3 Å². The Kier molecular flexibility index (Phi) is 5.20. The van der Waals surface area contributed by atoms with Crippen molar-refractivity contribution in [3.63, 3.8) is 0 Å². The Morgan fingerprint density at radius 2 is 1.39 bits per heavy atom. The van der Waals surface area contributed by atoms with E-state index in [2.05, 4.69) is 78.6 Å². The number of benzene rings is 4. The Morgan fingerprint density at radius 3 is 2.07 bits per heavy atom. The van der Waals surface area contributed by atoms with Crippen LogP contribution in [0.5, 0.6) is 0 Å². The van der Waals surface area contributed by atoms with E-state index in [1.54, 1.807) is 0 Å². The molecule has 0 N–H and O–H groups in total. The van der Waals surface area contributed by atoms with Gasteiger partial charge in [-0.1, -0.05) is 61.9 Å². The highest BCUT2D eigenvalue weighted by molar-refractivity contribution is 5.98. The van der Waals surface area contributed by atoms with Crippen LogP contribution in [-0.4, -0.2) is 6.29 Å². The Bertz CT molecular complexity index is 1080. The second kappa shape index (κ2) is 8.10. The molecule has 0 fully saturated rings. The maximum absolute atomic E-state index is 11.1. The first-order valence-electron chi connectivity index (χ1n) is 9.72. The molecule has 0 bridgehead atoms. The van der Waals surface area contributed by atoms with Crippen molar-refractivity contribution in [2.45, 2.75) is 19.8 Å². The van der Waals surface area contributed by atoms with Crippen molar-refractivity contribution in [2.75, 3.05) is 4.90 Å². The van der Waals surface area contributed by atoms with E-state index in [0.29, 0.717) is 5.56 Å². The standard InChI is InChI=1S/C26H23NO/c1-2-6-20-11-15-23(16-12-20)27(24-17-13-21(19-28)14-18-24)26-10-5-8-22-7-3-4-9-25(22)26/h3-5,7-19H,2,6H2,1H3. The highest BCUT2D eigenvalue weighted by Crippen LogP contribution is 2.38. The lowest BCUT2D eigenvalue weighted by atomic mass is 10.0. The highest BCUT2D eigenvalue weighted by Gasteiger charge is 2.15. The highest BCUT2D eigenvalue weighted by atomic mass is 16.1. The van der Waals surface area contributed by atoms with Crippen LogP contribution in [0.25, 0.3) is 10.8 Å². The van der Waals surface area contributed by atoms with Gasteiger partial charge >= 0.3 is 0 Å². The van der Waals surface area contributed by atoms with Crippen LogP contribution in [0.15, 0.2) is 91.0 Å². The average Bonchev–Trinajstić information content (AvgIpc) is 2.76. The summed E-state index contributed by atoms with van der Waals surface area (Å²) in [5, 5.41) is 2.40. The fourth-order valence-electron chi connectivity index (χ4n) is 3.63. The van der Waals surface area contributed by atoms with E-state index >= 15 is 0 Å². The minimum absolute atomic E-state index is 0.680. The van der Waals surface area contributed by atoms with Gasteiger partial charge in [0.2, 0.25) is 0 Å². The molecule has 0 unspecified atom stereocenters. The zero-order valence-electron chi connectivity index (χ0n) is 16.0. The van der Waals surface area contributed by atoms with Gasteiger partial charge in [0.15, 0.2) is 0 Å². The maximum Gasteiger partial charge on any atom is 0.150 e. The number of carbonyl (C=O) groups is 1. The summed E-state index contributed by atoms with van der Waals surface area (Å²) in [7, 11) is 0. The van der Waals surface area contributed by atoms with E-state index in [4.69, 9.17) is 0 Å². The lowest BCUT2D eigenvalue weighted by Crippen LogP contribution is -2.10. The molecule has 0 saturated carbocycles. The Labute approximate surface area is 166 Å². The number of hydrogen-bond donors (Lipinski definition) is 0. The predicted octanol–water partition coefficient (Wildman–Crippen LogP) is 7.07. The summed E-state index contributed by atoms with van der Waals surface area (Å²) in [6.07, 6.45) is 3.10. The normalized spacial score (nSPS) is 10.8. The van der Waals surface area contributed by atoms with Gasteiger partial charge in [-0.25, -0.2) is 0 Å². The van der Waals surface area contributed by atoms with Crippen LogP contribution in [0, 0.1) is 0 Å². The summed E-state index contributed by atoms with van der Waals surface area (Å²) in [5.41, 5.74) is 5.29. The van der Waals surface area contributed by atoms with Gasteiger partial charge in [-0.05, 0) is 59.8 Å². The number of carbonyl (C=O) groups excluding carboxylic acids is 1. The zero-order chi connectivity index (χ0) is 19.3. The van der Waals surface area contributed by atoms with Gasteiger partial charge in [-0.2, -0.15) is 0 Å². The van der Waals surface area contributed by atoms with Gasteiger partial charge in [-0.15, -0.1) is 0 Å². The molecular weight excluding hydrogens is 342 g/mol. The van der Waals surface area contributed by atoms with Gasteiger partial charge in [0.1, 0.15) is 6.29 Å². The van der Waals surface area contributed by atoms with Crippen LogP contribution < -0.4 is 4.90 Å². The number of nitrogens with zero attached hydrogens (tertiary/aromatic N) is 1. The molecule has 0 aliphatic heterocycles. The third-order valence-electron chi connectivity index (χ3n) is 5.03. The molecule has 0 aliphatic rings. The lowest BCUT2D eigenvalue weighted by Gasteiger charge is -2.27. The quantitative estimate of drug-likeness (QED) is 0.340. The van der Waals surface area contributed by atoms with Crippen molar-refractivity contribution in [1.29, 1.82) is 0 Å². The van der Waals surface area contributed by atoms with Crippen LogP contribution >= 0.6 is 0 Å². The molecule has 0 saturated heterocycles. The van der Waals surface area contributed by atoms with Gasteiger partial charge in [-0.3, -0.25) is 4.79 Å². The van der Waals surface area contributed by atoms with E-state index < -0.39 is 0 Å². The van der Waals surface area contributed by atoms with Crippen molar-refractivity contribution >= 4 is 34.1 Å². The van der Waals surface area contributed by atoms with Crippen molar-refractivity contribution in [2.24, 2.45) is 0 Å². The largest absolute Gasteiger partial charge is 0.310 e. The molecular formula is C26H23NO. The van der Waals surface area contributed by atoms with Crippen LogP contribution in [0.4, 0.5) is 17.1 Å². The second-order valence-electron chi connectivity index (χ2n) is 6.96. The molecule has 0 aliphatic carbocycles. The monoisotopic (exact) mass is 365 g/mol. The van der Waals surface area contributed by atoms with E-state index in [1.165, 1.54) is 16.3 Å². The number of aldehydes is 1. The number of rotatable bonds is 6. The molecule has 2 heteroatoms. The SMILES string of the molecule is CCCc1ccc(N(c2ccc(C=O)cc2)c2cccc3ccccc23)cc1. The first kappa shape index (κ1) is 18.0. The fraction of sp³-hybridized carbons (Fsp3) is 0.115. The lowest BCUT2D eigenvalue weighted by molar-refractivity contribution is 0.112. The number of anilines is 3. The van der Waals surface area contributed by atoms with E-state index in [0.717, 1.165) is 36.2 Å². The summed E-state index contributed by atoms with van der Waals surface area (Å²) >= 11 is 0. The van der Waals surface area contributed by atoms with Crippen LogP contribution in [0.3, 0.4) is 0 Å². The molecule has 0 aromatic heterocycles. The van der Waals surface area contributed by atoms with E-state index in [1.807, 2.05) is 24.3 Å². The molecule has 4 rings (SSSR count). The van der Waals surface area contributed by atoms with Crippen LogP contribution in [0.1, 0.15) is 29.3 Å². The molecule has 0 radical (unpaired) electrons. The molecule has 2 nitrogen and oxygen atoms in total. The molecule has 0 heterocycles. The zero-order valence-corrected chi connectivity index (χ0v) is 16.0. The molecule has 4 aromatic rings. The number of aryl methyl sites for hydroxylation is 1.